The molecule has 19 heavy (non-hydrogen) atoms. The van der Waals surface area contributed by atoms with Crippen LogP contribution in [0, 0.1) is 0 Å². The first kappa shape index (κ1) is 13.6. The van der Waals surface area contributed by atoms with E-state index in [1.54, 1.807) is 7.11 Å². The quantitative estimate of drug-likeness (QED) is 0.782. The minimum Gasteiger partial charge on any atom is -0.497 e. The largest absolute Gasteiger partial charge is 0.497 e. The number of hydrogen-bond acceptors (Lipinski definition) is 4. The van der Waals surface area contributed by atoms with Gasteiger partial charge in [-0.1, -0.05) is 18.2 Å². The lowest BCUT2D eigenvalue weighted by Crippen LogP contribution is -2.30. The van der Waals surface area contributed by atoms with E-state index in [0.717, 1.165) is 29.9 Å². The van der Waals surface area contributed by atoms with Gasteiger partial charge in [0.15, 0.2) is 0 Å². The van der Waals surface area contributed by atoms with Crippen molar-refractivity contribution in [1.29, 1.82) is 0 Å². The van der Waals surface area contributed by atoms with Crippen LogP contribution in [0.3, 0.4) is 0 Å². The fourth-order valence-corrected chi connectivity index (χ4v) is 2.31. The Morgan fingerprint density at radius 1 is 1.37 bits per heavy atom. The highest BCUT2D eigenvalue weighted by Gasteiger charge is 2.24. The third-order valence-corrected chi connectivity index (χ3v) is 3.45. The molecule has 1 aromatic rings. The number of likely N-dealkylation sites (N-methyl/N-ethyl adjacent to an activating group) is 1. The summed E-state index contributed by atoms with van der Waals surface area (Å²) >= 11 is 0. The molecule has 0 spiro atoms. The van der Waals surface area contributed by atoms with Crippen LogP contribution >= 0.6 is 0 Å². The highest BCUT2D eigenvalue weighted by atomic mass is 16.5. The Morgan fingerprint density at radius 2 is 2.16 bits per heavy atom. The number of rotatable bonds is 3. The lowest BCUT2D eigenvalue weighted by atomic mass is 9.97. The Hall–Kier alpha value is -1.81. The van der Waals surface area contributed by atoms with Gasteiger partial charge in [0.1, 0.15) is 5.75 Å². The number of ether oxygens (including phenoxy) is 2. The molecular weight excluding hydrogens is 242 g/mol. The minimum absolute atomic E-state index is 0.0814. The van der Waals surface area contributed by atoms with Crippen LogP contribution in [-0.4, -0.2) is 38.7 Å². The molecule has 0 amide bonds. The molecule has 1 aromatic carbocycles. The van der Waals surface area contributed by atoms with Gasteiger partial charge < -0.3 is 9.47 Å². The van der Waals surface area contributed by atoms with Gasteiger partial charge in [-0.15, -0.1) is 0 Å². The SMILES string of the molecule is COC(=O)C1=CC(c2cccc(OC)c2)N(C)CC1. The first-order valence-electron chi connectivity index (χ1n) is 6.29. The highest BCUT2D eigenvalue weighted by Crippen LogP contribution is 2.30. The standard InChI is InChI=1S/C15H19NO3/c1-16-8-7-12(15(17)19-3)10-14(16)11-5-4-6-13(9-11)18-2/h4-6,9-10,14H,7-8H2,1-3H3. The Kier molecular flexibility index (Phi) is 4.22. The predicted octanol–water partition coefficient (Wildman–Crippen LogP) is 2.17. The summed E-state index contributed by atoms with van der Waals surface area (Å²) in [5, 5.41) is 0. The summed E-state index contributed by atoms with van der Waals surface area (Å²) in [7, 11) is 5.12. The smallest absolute Gasteiger partial charge is 0.333 e. The molecule has 1 heterocycles. The Balaban J connectivity index is 2.32. The van der Waals surface area contributed by atoms with Crippen LogP contribution in [0.15, 0.2) is 35.9 Å². The number of esters is 1. The summed E-state index contributed by atoms with van der Waals surface area (Å²) in [6, 6.07) is 8.00. The monoisotopic (exact) mass is 261 g/mol. The van der Waals surface area contributed by atoms with Gasteiger partial charge in [0.05, 0.1) is 20.3 Å². The maximum absolute atomic E-state index is 11.6. The third-order valence-electron chi connectivity index (χ3n) is 3.45. The molecule has 0 bridgehead atoms. The van der Waals surface area contributed by atoms with E-state index >= 15 is 0 Å². The summed E-state index contributed by atoms with van der Waals surface area (Å²) in [6.45, 7) is 0.836. The minimum atomic E-state index is -0.235. The average molecular weight is 261 g/mol. The van der Waals surface area contributed by atoms with E-state index in [2.05, 4.69) is 11.9 Å². The molecule has 0 saturated heterocycles. The van der Waals surface area contributed by atoms with Crippen LogP contribution < -0.4 is 4.74 Å². The summed E-state index contributed by atoms with van der Waals surface area (Å²) < 4.78 is 10.0. The second-order valence-electron chi connectivity index (χ2n) is 4.64. The number of nitrogens with zero attached hydrogens (tertiary/aromatic N) is 1. The maximum atomic E-state index is 11.6. The molecule has 4 nitrogen and oxygen atoms in total. The van der Waals surface area contributed by atoms with Gasteiger partial charge in [-0.25, -0.2) is 4.79 Å². The molecule has 102 valence electrons. The zero-order chi connectivity index (χ0) is 13.8. The number of carbonyl (C=O) groups excluding carboxylic acids is 1. The highest BCUT2D eigenvalue weighted by molar-refractivity contribution is 5.88. The number of benzene rings is 1. The van der Waals surface area contributed by atoms with Crippen LogP contribution in [0.5, 0.6) is 5.75 Å². The average Bonchev–Trinajstić information content (AvgIpc) is 2.47. The fraction of sp³-hybridized carbons (Fsp3) is 0.400. The van der Waals surface area contributed by atoms with Gasteiger partial charge in [-0.2, -0.15) is 0 Å². The Labute approximate surface area is 113 Å². The van der Waals surface area contributed by atoms with Crippen molar-refractivity contribution in [3.05, 3.63) is 41.5 Å². The molecule has 1 unspecified atom stereocenters. The number of methoxy groups -OCH3 is 2. The molecule has 0 fully saturated rings. The summed E-state index contributed by atoms with van der Waals surface area (Å²) in [6.07, 6.45) is 2.70. The van der Waals surface area contributed by atoms with Crippen molar-refractivity contribution in [3.63, 3.8) is 0 Å². The molecule has 1 aliphatic rings. The van der Waals surface area contributed by atoms with Crippen LogP contribution in [0.4, 0.5) is 0 Å². The van der Waals surface area contributed by atoms with Gasteiger partial charge in [0, 0.05) is 12.1 Å². The molecule has 4 heteroatoms. The van der Waals surface area contributed by atoms with Crippen molar-refractivity contribution in [1.82, 2.24) is 4.90 Å². The van der Waals surface area contributed by atoms with Crippen LogP contribution in [0.2, 0.25) is 0 Å². The molecule has 0 radical (unpaired) electrons. The molecule has 0 aliphatic carbocycles. The molecule has 0 saturated carbocycles. The van der Waals surface area contributed by atoms with E-state index in [9.17, 15) is 4.79 Å². The van der Waals surface area contributed by atoms with Crippen molar-refractivity contribution < 1.29 is 14.3 Å². The van der Waals surface area contributed by atoms with Gasteiger partial charge in [0.25, 0.3) is 0 Å². The van der Waals surface area contributed by atoms with E-state index in [4.69, 9.17) is 9.47 Å². The van der Waals surface area contributed by atoms with Crippen LogP contribution in [0.25, 0.3) is 0 Å². The van der Waals surface area contributed by atoms with Crippen molar-refractivity contribution in [2.75, 3.05) is 27.8 Å². The van der Waals surface area contributed by atoms with E-state index in [-0.39, 0.29) is 12.0 Å². The van der Waals surface area contributed by atoms with Crippen LogP contribution in [-0.2, 0) is 9.53 Å². The molecule has 2 rings (SSSR count). The zero-order valence-electron chi connectivity index (χ0n) is 11.6. The molecule has 0 aromatic heterocycles. The van der Waals surface area contributed by atoms with Crippen LogP contribution in [0.1, 0.15) is 18.0 Å². The zero-order valence-corrected chi connectivity index (χ0v) is 11.6. The first-order valence-corrected chi connectivity index (χ1v) is 6.29. The Bertz CT molecular complexity index is 496. The lowest BCUT2D eigenvalue weighted by Gasteiger charge is -2.31. The second kappa shape index (κ2) is 5.89. The predicted molar refractivity (Wildman–Crippen MR) is 73.1 cm³/mol. The van der Waals surface area contributed by atoms with Crippen molar-refractivity contribution >= 4 is 5.97 Å². The molecule has 1 aliphatic heterocycles. The summed E-state index contributed by atoms with van der Waals surface area (Å²) in [5.74, 6) is 0.588. The molecule has 1 atom stereocenters. The molecular formula is C15H19NO3. The second-order valence-corrected chi connectivity index (χ2v) is 4.64. The first-order chi connectivity index (χ1) is 9.15. The lowest BCUT2D eigenvalue weighted by molar-refractivity contribution is -0.136. The summed E-state index contributed by atoms with van der Waals surface area (Å²) in [5.41, 5.74) is 1.86. The van der Waals surface area contributed by atoms with E-state index < -0.39 is 0 Å². The van der Waals surface area contributed by atoms with E-state index in [1.807, 2.05) is 30.3 Å². The van der Waals surface area contributed by atoms with Crippen molar-refractivity contribution in [2.24, 2.45) is 0 Å². The third kappa shape index (κ3) is 2.96. The van der Waals surface area contributed by atoms with Crippen molar-refractivity contribution in [2.45, 2.75) is 12.5 Å². The van der Waals surface area contributed by atoms with Crippen molar-refractivity contribution in [3.8, 4) is 5.75 Å². The Morgan fingerprint density at radius 3 is 2.84 bits per heavy atom. The number of hydrogen-bond donors (Lipinski definition) is 0. The van der Waals surface area contributed by atoms with Gasteiger partial charge in [-0.3, -0.25) is 4.90 Å². The van der Waals surface area contributed by atoms with Gasteiger partial charge in [0.2, 0.25) is 0 Å². The fourth-order valence-electron chi connectivity index (χ4n) is 2.31. The molecule has 0 N–H and O–H groups in total. The maximum Gasteiger partial charge on any atom is 0.333 e. The van der Waals surface area contributed by atoms with Gasteiger partial charge in [-0.05, 0) is 31.2 Å². The number of carbonyl (C=O) groups is 1. The van der Waals surface area contributed by atoms with Gasteiger partial charge >= 0.3 is 5.97 Å². The topological polar surface area (TPSA) is 38.8 Å². The normalized spacial score (nSPS) is 19.7. The van der Waals surface area contributed by atoms with E-state index in [0.29, 0.717) is 0 Å². The van der Waals surface area contributed by atoms with E-state index in [1.165, 1.54) is 7.11 Å². The summed E-state index contributed by atoms with van der Waals surface area (Å²) in [4.78, 5) is 13.8.